The highest BCUT2D eigenvalue weighted by Crippen LogP contribution is 2.27. The largest absolute Gasteiger partial charge is 0.493 e. The van der Waals surface area contributed by atoms with Crippen LogP contribution in [0.25, 0.3) is 0 Å². The summed E-state index contributed by atoms with van der Waals surface area (Å²) < 4.78 is 10.8. The van der Waals surface area contributed by atoms with Crippen LogP contribution in [0, 0.1) is 0 Å². The molecule has 21 heavy (non-hydrogen) atoms. The quantitative estimate of drug-likeness (QED) is 0.335. The minimum atomic E-state index is 0.526. The van der Waals surface area contributed by atoms with Gasteiger partial charge in [0.2, 0.25) is 0 Å². The number of hydrogen-bond acceptors (Lipinski definition) is 4. The number of hydrogen-bond donors (Lipinski definition) is 2. The highest BCUT2D eigenvalue weighted by atomic mass is 32.1. The summed E-state index contributed by atoms with van der Waals surface area (Å²) in [5.74, 6) is 1.41. The summed E-state index contributed by atoms with van der Waals surface area (Å²) in [7, 11) is 1.61. The van der Waals surface area contributed by atoms with Crippen molar-refractivity contribution in [1.29, 1.82) is 0 Å². The van der Waals surface area contributed by atoms with Crippen LogP contribution in [0.1, 0.15) is 32.3 Å². The second-order valence-corrected chi connectivity index (χ2v) is 4.73. The normalized spacial score (nSPS) is 10.4. The molecule has 0 aliphatic heterocycles. The SMILES string of the molecule is CCCCNC(=S)N/N=C\c1ccc(OCC)c(OC)c1. The van der Waals surface area contributed by atoms with Crippen molar-refractivity contribution in [2.75, 3.05) is 20.3 Å². The molecular formula is C15H23N3O2S. The van der Waals surface area contributed by atoms with Gasteiger partial charge in [-0.1, -0.05) is 13.3 Å². The standard InChI is InChI=1S/C15H23N3O2S/c1-4-6-9-16-15(21)18-17-11-12-7-8-13(20-5-2)14(10-12)19-3/h7-8,10-11H,4-6,9H2,1-3H3,(H2,16,18,21)/b17-11-. The Bertz CT molecular complexity index is 478. The number of ether oxygens (including phenoxy) is 2. The third-order valence-corrected chi connectivity index (χ3v) is 2.92. The van der Waals surface area contributed by atoms with E-state index < -0.39 is 0 Å². The smallest absolute Gasteiger partial charge is 0.186 e. The maximum Gasteiger partial charge on any atom is 0.186 e. The molecule has 0 radical (unpaired) electrons. The van der Waals surface area contributed by atoms with Gasteiger partial charge in [0.1, 0.15) is 0 Å². The maximum atomic E-state index is 5.46. The summed E-state index contributed by atoms with van der Waals surface area (Å²) in [5, 5.41) is 7.70. The first-order valence-electron chi connectivity index (χ1n) is 7.09. The van der Waals surface area contributed by atoms with Crippen LogP contribution in [0.5, 0.6) is 11.5 Å². The Kier molecular flexibility index (Phi) is 8.19. The van der Waals surface area contributed by atoms with E-state index in [9.17, 15) is 0 Å². The zero-order valence-corrected chi connectivity index (χ0v) is 13.6. The summed E-state index contributed by atoms with van der Waals surface area (Å²) in [6, 6.07) is 5.64. The van der Waals surface area contributed by atoms with E-state index in [0.29, 0.717) is 17.5 Å². The number of nitrogens with zero attached hydrogens (tertiary/aromatic N) is 1. The van der Waals surface area contributed by atoms with Gasteiger partial charge in [0.25, 0.3) is 0 Å². The predicted octanol–water partition coefficient (Wildman–Crippen LogP) is 2.69. The van der Waals surface area contributed by atoms with Gasteiger partial charge < -0.3 is 14.8 Å². The topological polar surface area (TPSA) is 54.9 Å². The number of nitrogens with one attached hydrogen (secondary N) is 2. The third kappa shape index (κ3) is 6.44. The van der Waals surface area contributed by atoms with Crippen LogP contribution in [0.4, 0.5) is 0 Å². The summed E-state index contributed by atoms with van der Waals surface area (Å²) in [6.07, 6.45) is 3.90. The Morgan fingerprint density at radius 1 is 1.33 bits per heavy atom. The van der Waals surface area contributed by atoms with Gasteiger partial charge in [0.15, 0.2) is 16.6 Å². The van der Waals surface area contributed by atoms with Crippen LogP contribution >= 0.6 is 12.2 Å². The van der Waals surface area contributed by atoms with Crippen molar-refractivity contribution in [2.24, 2.45) is 5.10 Å². The van der Waals surface area contributed by atoms with Crippen molar-refractivity contribution in [3.05, 3.63) is 23.8 Å². The molecule has 0 aliphatic rings. The van der Waals surface area contributed by atoms with E-state index in [1.165, 1.54) is 0 Å². The zero-order chi connectivity index (χ0) is 15.5. The molecule has 1 rings (SSSR count). The number of thiocarbonyl (C=S) groups is 1. The second kappa shape index (κ2) is 9.99. The Hall–Kier alpha value is -1.82. The summed E-state index contributed by atoms with van der Waals surface area (Å²) in [5.41, 5.74) is 3.69. The van der Waals surface area contributed by atoms with Crippen molar-refractivity contribution in [3.63, 3.8) is 0 Å². The highest BCUT2D eigenvalue weighted by Gasteiger charge is 2.03. The lowest BCUT2D eigenvalue weighted by molar-refractivity contribution is 0.311. The molecule has 0 aliphatic carbocycles. The summed E-state index contributed by atoms with van der Waals surface area (Å²) in [6.45, 7) is 5.53. The first-order valence-corrected chi connectivity index (χ1v) is 7.49. The van der Waals surface area contributed by atoms with Gasteiger partial charge in [0.05, 0.1) is 19.9 Å². The fourth-order valence-electron chi connectivity index (χ4n) is 1.62. The van der Waals surface area contributed by atoms with Gasteiger partial charge in [-0.25, -0.2) is 0 Å². The molecule has 0 unspecified atom stereocenters. The van der Waals surface area contributed by atoms with Crippen LogP contribution in [0.15, 0.2) is 23.3 Å². The van der Waals surface area contributed by atoms with Crippen LogP contribution < -0.4 is 20.2 Å². The lowest BCUT2D eigenvalue weighted by Gasteiger charge is -2.09. The third-order valence-electron chi connectivity index (χ3n) is 2.68. The van der Waals surface area contributed by atoms with Crippen molar-refractivity contribution >= 4 is 23.5 Å². The van der Waals surface area contributed by atoms with Crippen LogP contribution in [0.2, 0.25) is 0 Å². The van der Waals surface area contributed by atoms with Crippen molar-refractivity contribution < 1.29 is 9.47 Å². The first-order chi connectivity index (χ1) is 10.2. The van der Waals surface area contributed by atoms with E-state index in [1.54, 1.807) is 13.3 Å². The Balaban J connectivity index is 2.54. The van der Waals surface area contributed by atoms with Gasteiger partial charge in [-0.05, 0) is 49.3 Å². The van der Waals surface area contributed by atoms with E-state index in [4.69, 9.17) is 21.7 Å². The van der Waals surface area contributed by atoms with E-state index in [-0.39, 0.29) is 0 Å². The van der Waals surface area contributed by atoms with Crippen molar-refractivity contribution in [3.8, 4) is 11.5 Å². The molecule has 1 aromatic rings. The van der Waals surface area contributed by atoms with Gasteiger partial charge in [0, 0.05) is 6.54 Å². The lowest BCUT2D eigenvalue weighted by atomic mass is 10.2. The fourth-order valence-corrected chi connectivity index (χ4v) is 1.78. The van der Waals surface area contributed by atoms with Crippen LogP contribution in [-0.2, 0) is 0 Å². The second-order valence-electron chi connectivity index (χ2n) is 4.32. The molecule has 0 fully saturated rings. The molecule has 0 aromatic heterocycles. The minimum Gasteiger partial charge on any atom is -0.493 e. The van der Waals surface area contributed by atoms with Gasteiger partial charge in [-0.3, -0.25) is 5.43 Å². The van der Waals surface area contributed by atoms with Crippen LogP contribution in [0.3, 0.4) is 0 Å². The van der Waals surface area contributed by atoms with E-state index in [2.05, 4.69) is 22.8 Å². The number of rotatable bonds is 8. The van der Waals surface area contributed by atoms with Gasteiger partial charge in [-0.15, -0.1) is 0 Å². The minimum absolute atomic E-state index is 0.526. The maximum absolute atomic E-state index is 5.46. The lowest BCUT2D eigenvalue weighted by Crippen LogP contribution is -2.32. The molecule has 0 atom stereocenters. The highest BCUT2D eigenvalue weighted by molar-refractivity contribution is 7.80. The van der Waals surface area contributed by atoms with Crippen molar-refractivity contribution in [1.82, 2.24) is 10.7 Å². The number of unbranched alkanes of at least 4 members (excludes halogenated alkanes) is 1. The van der Waals surface area contributed by atoms with Crippen LogP contribution in [-0.4, -0.2) is 31.6 Å². The van der Waals surface area contributed by atoms with Gasteiger partial charge >= 0.3 is 0 Å². The first kappa shape index (κ1) is 17.2. The molecule has 0 bridgehead atoms. The average molecular weight is 309 g/mol. The Morgan fingerprint density at radius 3 is 2.81 bits per heavy atom. The number of hydrazone groups is 1. The molecule has 2 N–H and O–H groups in total. The molecule has 0 amide bonds. The zero-order valence-electron chi connectivity index (χ0n) is 12.8. The summed E-state index contributed by atoms with van der Waals surface area (Å²) in [4.78, 5) is 0. The number of benzene rings is 1. The molecule has 0 spiro atoms. The molecule has 6 heteroatoms. The fraction of sp³-hybridized carbons (Fsp3) is 0.467. The van der Waals surface area contributed by atoms with Gasteiger partial charge in [-0.2, -0.15) is 5.10 Å². The molecule has 0 heterocycles. The Morgan fingerprint density at radius 2 is 2.14 bits per heavy atom. The molecular weight excluding hydrogens is 286 g/mol. The summed E-state index contributed by atoms with van der Waals surface area (Å²) >= 11 is 5.11. The predicted molar refractivity (Wildman–Crippen MR) is 90.4 cm³/mol. The monoisotopic (exact) mass is 309 g/mol. The Labute approximate surface area is 131 Å². The molecule has 116 valence electrons. The molecule has 0 saturated carbocycles. The molecule has 1 aromatic carbocycles. The average Bonchev–Trinajstić information content (AvgIpc) is 2.49. The van der Waals surface area contributed by atoms with E-state index in [1.807, 2.05) is 25.1 Å². The molecule has 0 saturated heterocycles. The molecule has 5 nitrogen and oxygen atoms in total. The van der Waals surface area contributed by atoms with E-state index >= 15 is 0 Å². The number of methoxy groups -OCH3 is 1. The van der Waals surface area contributed by atoms with E-state index in [0.717, 1.165) is 30.7 Å². The van der Waals surface area contributed by atoms with Crippen molar-refractivity contribution in [2.45, 2.75) is 26.7 Å².